The molecule has 0 saturated carbocycles. The fourth-order valence-corrected chi connectivity index (χ4v) is 10.5. The van der Waals surface area contributed by atoms with Crippen molar-refractivity contribution >= 4 is 46.3 Å². The molecule has 0 radical (unpaired) electrons. The van der Waals surface area contributed by atoms with Crippen molar-refractivity contribution in [2.75, 3.05) is 13.1 Å². The van der Waals surface area contributed by atoms with Crippen LogP contribution in [0.25, 0.3) is 20.9 Å². The van der Waals surface area contributed by atoms with Crippen molar-refractivity contribution < 1.29 is 29.4 Å². The van der Waals surface area contributed by atoms with Crippen molar-refractivity contribution in [3.8, 4) is 20.9 Å². The molecule has 0 spiro atoms. The number of thiazole rings is 2. The third-order valence-corrected chi connectivity index (χ3v) is 14.6. The van der Waals surface area contributed by atoms with E-state index >= 15 is 0 Å². The summed E-state index contributed by atoms with van der Waals surface area (Å²) in [4.78, 5) is 67.9. The molecular weight excluding hydrogens is 921 g/mol. The Morgan fingerprint density at radius 3 is 1.14 bits per heavy atom. The summed E-state index contributed by atoms with van der Waals surface area (Å²) in [6.45, 7) is 32.3. The largest absolute Gasteiger partial charge is 0.391 e. The van der Waals surface area contributed by atoms with E-state index in [0.29, 0.717) is 0 Å². The molecule has 70 heavy (non-hydrogen) atoms. The zero-order chi connectivity index (χ0) is 52.3. The van der Waals surface area contributed by atoms with E-state index in [1.54, 1.807) is 32.5 Å². The van der Waals surface area contributed by atoms with Crippen LogP contribution in [0, 0.1) is 24.7 Å². The number of carbonyl (C=O) groups is 4. The number of carbonyl (C=O) groups excluding carboxylic acids is 4. The summed E-state index contributed by atoms with van der Waals surface area (Å²) in [5.41, 5.74) is 8.57. The van der Waals surface area contributed by atoms with E-state index in [1.807, 2.05) is 170 Å². The van der Waals surface area contributed by atoms with Crippen LogP contribution in [0.5, 0.6) is 0 Å². The number of likely N-dealkylation sites (tertiary alicyclic amines) is 2. The Labute approximate surface area is 424 Å². The highest BCUT2D eigenvalue weighted by Crippen LogP contribution is 2.33. The Morgan fingerprint density at radius 1 is 0.571 bits per heavy atom. The lowest BCUT2D eigenvalue weighted by atomic mass is 9.84. The summed E-state index contributed by atoms with van der Waals surface area (Å²) in [5, 5.41) is 33.7. The Morgan fingerprint density at radius 2 is 0.886 bits per heavy atom. The van der Waals surface area contributed by atoms with Gasteiger partial charge in [-0.25, -0.2) is 9.97 Å². The van der Waals surface area contributed by atoms with Gasteiger partial charge in [0.15, 0.2) is 0 Å². The molecule has 4 amide bonds. The molecule has 2 saturated heterocycles. The number of rotatable bonds is 12. The molecule has 4 aromatic rings. The lowest BCUT2D eigenvalue weighted by Crippen LogP contribution is -2.60. The molecule has 2 aliphatic heterocycles. The van der Waals surface area contributed by atoms with Gasteiger partial charge in [-0.15, -0.1) is 22.7 Å². The van der Waals surface area contributed by atoms with E-state index < -0.39 is 36.4 Å². The van der Waals surface area contributed by atoms with Gasteiger partial charge in [-0.2, -0.15) is 0 Å². The number of aliphatic hydroxyl groups is 2. The van der Waals surface area contributed by atoms with E-state index in [2.05, 4.69) is 31.2 Å². The van der Waals surface area contributed by atoms with Crippen LogP contribution in [-0.4, -0.2) is 114 Å². The molecule has 2 aliphatic rings. The number of β-amino-alcohol motifs (C(OH)–C–C–N with tert-alkyl or cyclic N) is 2. The van der Waals surface area contributed by atoms with Gasteiger partial charge >= 0.3 is 0 Å². The Kier molecular flexibility index (Phi) is 18.1. The molecule has 8 atom stereocenters. The molecule has 14 nitrogen and oxygen atoms in total. The molecule has 6 N–H and O–H groups in total. The predicted molar refractivity (Wildman–Crippen MR) is 282 cm³/mol. The maximum absolute atomic E-state index is 13.6. The maximum atomic E-state index is 13.6. The van der Waals surface area contributed by atoms with Crippen molar-refractivity contribution in [3.63, 3.8) is 0 Å². The zero-order valence-corrected chi connectivity index (χ0v) is 46.0. The number of nitrogens with one attached hydrogen (secondary N) is 4. The first-order chi connectivity index (χ1) is 32.3. The van der Waals surface area contributed by atoms with E-state index in [4.69, 9.17) is 0 Å². The standard InChI is InChI=1S/2C27H40N4O3S/c2*1-16(18-9-11-19(12-10-18)22-17(2)28-15-35-22)29-24(33)21-13-20(32)14-31(21)25(34)23(26(3,4)5)30-27(6,7)8/h2*9-12,15-16,20-21,23,30,32H,13-14H2,1-8H3,(H,29,33)/t2*16-,20+,21-,23+/m10/s1. The number of aliphatic hydroxyl groups excluding tert-OH is 2. The van der Waals surface area contributed by atoms with E-state index in [9.17, 15) is 29.4 Å². The number of aryl methyl sites for hydroxylation is 2. The van der Waals surface area contributed by atoms with Crippen LogP contribution in [0.4, 0.5) is 0 Å². The molecule has 0 bridgehead atoms. The molecule has 0 unspecified atom stereocenters. The van der Waals surface area contributed by atoms with Gasteiger partial charge in [0.25, 0.3) is 0 Å². The fourth-order valence-electron chi connectivity index (χ4n) is 8.90. The van der Waals surface area contributed by atoms with Gasteiger partial charge in [0, 0.05) is 37.0 Å². The summed E-state index contributed by atoms with van der Waals surface area (Å²) in [7, 11) is 0. The van der Waals surface area contributed by atoms with Gasteiger partial charge in [-0.05, 0) is 102 Å². The first-order valence-corrected chi connectivity index (χ1v) is 26.2. The third kappa shape index (κ3) is 14.8. The average molecular weight is 1000 g/mol. The Hall–Kier alpha value is -4.58. The van der Waals surface area contributed by atoms with E-state index in [-0.39, 0.29) is 83.6 Å². The lowest BCUT2D eigenvalue weighted by Gasteiger charge is -2.39. The summed E-state index contributed by atoms with van der Waals surface area (Å²) < 4.78 is 0. The van der Waals surface area contributed by atoms with Crippen molar-refractivity contribution in [2.45, 2.75) is 183 Å². The van der Waals surface area contributed by atoms with Crippen LogP contribution in [-0.2, 0) is 19.2 Å². The molecular formula is C54H80N8O6S2. The second-order valence-electron chi connectivity index (χ2n) is 23.4. The van der Waals surface area contributed by atoms with Crippen LogP contribution in [0.2, 0.25) is 0 Å². The van der Waals surface area contributed by atoms with Crippen LogP contribution in [0.1, 0.15) is 144 Å². The number of nitrogens with zero attached hydrogens (tertiary/aromatic N) is 4. The highest BCUT2D eigenvalue weighted by atomic mass is 32.1. The molecule has 0 aliphatic carbocycles. The number of aromatic nitrogens is 2. The van der Waals surface area contributed by atoms with Crippen LogP contribution < -0.4 is 21.3 Å². The van der Waals surface area contributed by atoms with Crippen LogP contribution in [0.15, 0.2) is 59.6 Å². The predicted octanol–water partition coefficient (Wildman–Crippen LogP) is 8.12. The minimum absolute atomic E-state index is 0.152. The maximum Gasteiger partial charge on any atom is 0.243 e. The minimum atomic E-state index is -0.720. The quantitative estimate of drug-likeness (QED) is 0.0809. The van der Waals surface area contributed by atoms with Gasteiger partial charge in [-0.3, -0.25) is 19.2 Å². The number of hydrogen-bond donors (Lipinski definition) is 6. The lowest BCUT2D eigenvalue weighted by molar-refractivity contribution is -0.143. The minimum Gasteiger partial charge on any atom is -0.391 e. The summed E-state index contributed by atoms with van der Waals surface area (Å²) in [6.07, 6.45) is -0.968. The molecule has 384 valence electrons. The van der Waals surface area contributed by atoms with Crippen molar-refractivity contribution in [3.05, 3.63) is 82.1 Å². The fraction of sp³-hybridized carbons (Fsp3) is 0.593. The first-order valence-electron chi connectivity index (χ1n) is 24.5. The zero-order valence-electron chi connectivity index (χ0n) is 44.4. The SMILES string of the molecule is Cc1ncsc1-c1ccc([C@@H](C)NC(=O)[C@H]2C[C@H](O)CN2C(=O)[C@H](NC(C)(C)C)C(C)(C)C)cc1.Cc1ncsc1-c1ccc([C@H](C)NC(=O)[C@@H]2C[C@@H](O)CN2C(=O)[C@@H](NC(C)(C)C)C(C)(C)C)cc1. The molecule has 2 fully saturated rings. The van der Waals surface area contributed by atoms with Crippen LogP contribution in [0.3, 0.4) is 0 Å². The number of hydrogen-bond acceptors (Lipinski definition) is 12. The Balaban J connectivity index is 0.000000261. The van der Waals surface area contributed by atoms with Gasteiger partial charge < -0.3 is 41.3 Å². The van der Waals surface area contributed by atoms with Gasteiger partial charge in [-0.1, -0.05) is 90.1 Å². The molecule has 4 heterocycles. The smallest absolute Gasteiger partial charge is 0.243 e. The molecule has 6 rings (SSSR count). The third-order valence-electron chi connectivity index (χ3n) is 12.7. The van der Waals surface area contributed by atoms with Gasteiger partial charge in [0.1, 0.15) is 12.1 Å². The second-order valence-corrected chi connectivity index (χ2v) is 25.1. The van der Waals surface area contributed by atoms with Crippen molar-refractivity contribution in [2.24, 2.45) is 10.8 Å². The highest BCUT2D eigenvalue weighted by Gasteiger charge is 2.46. The molecule has 16 heteroatoms. The summed E-state index contributed by atoms with van der Waals surface area (Å²) >= 11 is 3.21. The second kappa shape index (κ2) is 22.5. The number of benzene rings is 2. The first kappa shape index (κ1) is 56.3. The number of amides is 4. The molecule has 2 aromatic carbocycles. The highest BCUT2D eigenvalue weighted by molar-refractivity contribution is 7.13. The van der Waals surface area contributed by atoms with Crippen LogP contribution >= 0.6 is 22.7 Å². The summed E-state index contributed by atoms with van der Waals surface area (Å²) in [6, 6.07) is 13.4. The Bertz CT molecular complexity index is 2240. The molecule has 2 aromatic heterocycles. The monoisotopic (exact) mass is 1000 g/mol. The normalized spacial score (nSPS) is 20.5. The van der Waals surface area contributed by atoms with E-state index in [1.165, 1.54) is 0 Å². The van der Waals surface area contributed by atoms with Crippen molar-refractivity contribution in [1.29, 1.82) is 0 Å². The average Bonchev–Trinajstić information content (AvgIpc) is 4.07. The van der Waals surface area contributed by atoms with E-state index in [0.717, 1.165) is 43.4 Å². The van der Waals surface area contributed by atoms with Gasteiger partial charge in [0.2, 0.25) is 23.6 Å². The topological polar surface area (TPSA) is 189 Å². The van der Waals surface area contributed by atoms with Crippen molar-refractivity contribution in [1.82, 2.24) is 41.0 Å². The summed E-state index contributed by atoms with van der Waals surface area (Å²) in [5.74, 6) is -0.788. The van der Waals surface area contributed by atoms with Gasteiger partial charge in [0.05, 0.1) is 68.5 Å².